The van der Waals surface area contributed by atoms with Gasteiger partial charge in [-0.2, -0.15) is 0 Å². The van der Waals surface area contributed by atoms with Gasteiger partial charge in [0.2, 0.25) is 0 Å². The van der Waals surface area contributed by atoms with Crippen molar-refractivity contribution in [2.24, 2.45) is 17.8 Å². The van der Waals surface area contributed by atoms with Crippen LogP contribution in [0.1, 0.15) is 30.0 Å². The number of nitrogens with zero attached hydrogens (tertiary/aromatic N) is 1. The number of benzene rings is 1. The molecule has 0 spiro atoms. The maximum atomic E-state index is 3.54. The van der Waals surface area contributed by atoms with Gasteiger partial charge < -0.3 is 9.88 Å². The summed E-state index contributed by atoms with van der Waals surface area (Å²) < 4.78 is 2.88. The van der Waals surface area contributed by atoms with Gasteiger partial charge in [0.05, 0.1) is 0 Å². The van der Waals surface area contributed by atoms with E-state index in [1.54, 1.807) is 5.57 Å². The van der Waals surface area contributed by atoms with Crippen molar-refractivity contribution < 1.29 is 0 Å². The summed E-state index contributed by atoms with van der Waals surface area (Å²) in [5, 5.41) is 3.54. The van der Waals surface area contributed by atoms with Crippen LogP contribution in [-0.4, -0.2) is 39.0 Å². The zero-order valence-electron chi connectivity index (χ0n) is 17.8. The summed E-state index contributed by atoms with van der Waals surface area (Å²) in [4.78, 5) is 0. The van der Waals surface area contributed by atoms with Crippen LogP contribution in [0.25, 0.3) is 5.57 Å². The summed E-state index contributed by atoms with van der Waals surface area (Å²) in [7, 11) is -1.48. The third kappa shape index (κ3) is 3.50. The number of allylic oxidation sites excluding steroid dienone is 4. The molecule has 0 amide bonds. The predicted molar refractivity (Wildman–Crippen MR) is 119 cm³/mol. The maximum Gasteiger partial charge on any atom is 0.126 e. The van der Waals surface area contributed by atoms with Crippen molar-refractivity contribution >= 4 is 13.8 Å². The van der Waals surface area contributed by atoms with Gasteiger partial charge >= 0.3 is 0 Å². The fourth-order valence-corrected chi connectivity index (χ4v) is 11.0. The summed E-state index contributed by atoms with van der Waals surface area (Å²) >= 11 is 0. The molecule has 1 heterocycles. The van der Waals surface area contributed by atoms with Crippen LogP contribution in [0.15, 0.2) is 36.4 Å². The van der Waals surface area contributed by atoms with Crippen molar-refractivity contribution in [2.45, 2.75) is 45.8 Å². The average Bonchev–Trinajstić information content (AvgIpc) is 2.98. The lowest BCUT2D eigenvalue weighted by atomic mass is 9.80. The Bertz CT molecular complexity index is 737. The highest BCUT2D eigenvalue weighted by atomic mass is 28.3. The molecule has 4 unspecified atom stereocenters. The highest BCUT2D eigenvalue weighted by molar-refractivity contribution is 6.76. The van der Waals surface area contributed by atoms with Crippen molar-refractivity contribution in [1.82, 2.24) is 9.88 Å². The number of nitrogens with one attached hydrogen (secondary N) is 1. The normalized spacial score (nSPS) is 31.7. The van der Waals surface area contributed by atoms with Crippen molar-refractivity contribution in [3.63, 3.8) is 0 Å². The van der Waals surface area contributed by atoms with Crippen molar-refractivity contribution in [3.8, 4) is 0 Å². The highest BCUT2D eigenvalue weighted by Gasteiger charge is 2.52. The molecule has 1 N–H and O–H groups in total. The Morgan fingerprint density at radius 1 is 1.04 bits per heavy atom. The largest absolute Gasteiger partial charge is 0.321 e. The van der Waals surface area contributed by atoms with E-state index < -0.39 is 8.24 Å². The Hall–Kier alpha value is -1.16. The molecule has 27 heavy (non-hydrogen) atoms. The molecule has 1 saturated heterocycles. The Kier molecular flexibility index (Phi) is 5.21. The van der Waals surface area contributed by atoms with Crippen LogP contribution >= 0.6 is 0 Å². The third-order valence-corrected chi connectivity index (χ3v) is 12.1. The third-order valence-electron chi connectivity index (χ3n) is 7.43. The topological polar surface area (TPSA) is 15.3 Å². The lowest BCUT2D eigenvalue weighted by molar-refractivity contribution is 0.341. The van der Waals surface area contributed by atoms with E-state index in [2.05, 4.69) is 80.2 Å². The van der Waals surface area contributed by atoms with E-state index >= 15 is 0 Å². The van der Waals surface area contributed by atoms with Crippen LogP contribution < -0.4 is 5.32 Å². The molecule has 1 aliphatic heterocycles. The molecule has 3 aliphatic rings. The summed E-state index contributed by atoms with van der Waals surface area (Å²) in [6, 6.07) is 7.08. The predicted octanol–water partition coefficient (Wildman–Crippen LogP) is 5.01. The fraction of sp³-hybridized carbons (Fsp3) is 0.583. The smallest absolute Gasteiger partial charge is 0.126 e. The molecule has 0 bridgehead atoms. The van der Waals surface area contributed by atoms with Gasteiger partial charge in [0, 0.05) is 26.2 Å². The van der Waals surface area contributed by atoms with Crippen LogP contribution in [0.5, 0.6) is 0 Å². The molecule has 0 aromatic heterocycles. The monoisotopic (exact) mass is 380 g/mol. The Balaban J connectivity index is 1.64. The molecule has 1 aromatic carbocycles. The Labute approximate surface area is 166 Å². The molecule has 146 valence electrons. The molecule has 1 aromatic rings. The van der Waals surface area contributed by atoms with E-state index in [1.807, 2.05) is 0 Å². The van der Waals surface area contributed by atoms with Crippen LogP contribution in [0, 0.1) is 31.6 Å². The summed E-state index contributed by atoms with van der Waals surface area (Å²) in [5.74, 6) is 2.23. The number of aryl methyl sites for hydroxylation is 2. The van der Waals surface area contributed by atoms with Gasteiger partial charge in [-0.25, -0.2) is 0 Å². The van der Waals surface area contributed by atoms with Crippen molar-refractivity contribution in [2.75, 3.05) is 26.2 Å². The number of piperazine rings is 1. The fourth-order valence-electron chi connectivity index (χ4n) is 6.40. The summed E-state index contributed by atoms with van der Waals surface area (Å²) in [6.45, 7) is 17.1. The van der Waals surface area contributed by atoms with E-state index in [0.29, 0.717) is 5.92 Å². The van der Waals surface area contributed by atoms with E-state index in [1.165, 1.54) is 36.2 Å². The maximum absolute atomic E-state index is 3.54. The first-order valence-corrected chi connectivity index (χ1v) is 13.8. The van der Waals surface area contributed by atoms with Gasteiger partial charge in [0.1, 0.15) is 8.24 Å². The number of hydrogen-bond donors (Lipinski definition) is 1. The molecule has 2 aliphatic carbocycles. The number of hydrogen-bond acceptors (Lipinski definition) is 2. The summed E-state index contributed by atoms with van der Waals surface area (Å²) in [6.07, 6.45) is 8.67. The lowest BCUT2D eigenvalue weighted by Crippen LogP contribution is -2.60. The second-order valence-corrected chi connectivity index (χ2v) is 14.3. The minimum atomic E-state index is -1.48. The number of fused-ring (bicyclic) bond motifs is 1. The molecule has 3 heteroatoms. The lowest BCUT2D eigenvalue weighted by Gasteiger charge is -2.47. The Morgan fingerprint density at radius 3 is 2.37 bits per heavy atom. The second kappa shape index (κ2) is 7.34. The molecule has 0 radical (unpaired) electrons. The van der Waals surface area contributed by atoms with Crippen LogP contribution in [-0.2, 0) is 0 Å². The van der Waals surface area contributed by atoms with Crippen molar-refractivity contribution in [1.29, 1.82) is 0 Å². The van der Waals surface area contributed by atoms with E-state index in [9.17, 15) is 0 Å². The van der Waals surface area contributed by atoms with E-state index in [4.69, 9.17) is 0 Å². The molecule has 1 saturated carbocycles. The highest BCUT2D eigenvalue weighted by Crippen LogP contribution is 2.57. The van der Waals surface area contributed by atoms with Gasteiger partial charge in [-0.1, -0.05) is 67.6 Å². The molecular formula is C24H36N2Si. The molecular weight excluding hydrogens is 344 g/mol. The van der Waals surface area contributed by atoms with Crippen LogP contribution in [0.4, 0.5) is 0 Å². The molecule has 4 atom stereocenters. The molecule has 2 fully saturated rings. The quantitative estimate of drug-likeness (QED) is 0.742. The summed E-state index contributed by atoms with van der Waals surface area (Å²) in [5.41, 5.74) is 6.67. The first-order chi connectivity index (χ1) is 12.9. The SMILES string of the molecule is Cc1cc(C)cc(C2=CC=CC3C2CC(C)C3[Si](C)(C)N2CCNCC2)c1. The van der Waals surface area contributed by atoms with Crippen molar-refractivity contribution in [3.05, 3.63) is 53.1 Å². The molecule has 2 nitrogen and oxygen atoms in total. The van der Waals surface area contributed by atoms with Crippen LogP contribution in [0.2, 0.25) is 18.6 Å². The van der Waals surface area contributed by atoms with E-state index in [-0.39, 0.29) is 0 Å². The van der Waals surface area contributed by atoms with Gasteiger partial charge in [-0.3, -0.25) is 0 Å². The second-order valence-electron chi connectivity index (χ2n) is 9.70. The van der Waals surface area contributed by atoms with E-state index in [0.717, 1.165) is 30.5 Å². The van der Waals surface area contributed by atoms with Gasteiger partial charge in [0.25, 0.3) is 0 Å². The standard InChI is InChI=1S/C24H36N2Si/c1-17-13-18(2)15-20(14-17)21-7-6-8-22-23(21)16-19(3)24(22)27(4,5)26-11-9-25-10-12-26/h6-8,13-15,19,22-25H,9-12,16H2,1-5H3. The first kappa shape index (κ1) is 19.2. The zero-order chi connectivity index (χ0) is 19.2. The first-order valence-electron chi connectivity index (χ1n) is 10.8. The molecule has 4 rings (SSSR count). The van der Waals surface area contributed by atoms with Gasteiger partial charge in [0.15, 0.2) is 0 Å². The Morgan fingerprint density at radius 2 is 1.70 bits per heavy atom. The van der Waals surface area contributed by atoms with Crippen LogP contribution in [0.3, 0.4) is 0 Å². The zero-order valence-corrected chi connectivity index (χ0v) is 18.8. The van der Waals surface area contributed by atoms with Gasteiger partial charge in [-0.05, 0) is 54.7 Å². The number of rotatable bonds is 3. The minimum absolute atomic E-state index is 0.700. The van der Waals surface area contributed by atoms with Gasteiger partial charge in [-0.15, -0.1) is 0 Å². The average molecular weight is 381 g/mol. The minimum Gasteiger partial charge on any atom is -0.321 e.